The van der Waals surface area contributed by atoms with Crippen LogP contribution in [0.5, 0.6) is 5.75 Å². The van der Waals surface area contributed by atoms with E-state index in [1.54, 1.807) is 14.2 Å². The number of anilines is 1. The minimum Gasteiger partial charge on any atom is -0.494 e. The third kappa shape index (κ3) is 4.40. The monoisotopic (exact) mass is 323 g/mol. The van der Waals surface area contributed by atoms with Gasteiger partial charge < -0.3 is 14.8 Å². The number of benzene rings is 1. The summed E-state index contributed by atoms with van der Waals surface area (Å²) in [7, 11) is 5.20. The van der Waals surface area contributed by atoms with Crippen LogP contribution in [-0.4, -0.2) is 56.8 Å². The molecule has 0 spiro atoms. The molecule has 0 atom stereocenters. The van der Waals surface area contributed by atoms with Gasteiger partial charge >= 0.3 is 0 Å². The smallest absolute Gasteiger partial charge is 0.240 e. The molecule has 6 nitrogen and oxygen atoms in total. The molecule has 1 aromatic carbocycles. The number of hydrogen-bond acceptors (Lipinski definition) is 6. The van der Waals surface area contributed by atoms with Crippen molar-refractivity contribution in [2.45, 2.75) is 6.42 Å². The van der Waals surface area contributed by atoms with Gasteiger partial charge in [-0.25, -0.2) is 4.98 Å². The summed E-state index contributed by atoms with van der Waals surface area (Å²) < 4.78 is 11.3. The Morgan fingerprint density at radius 1 is 1.41 bits per heavy atom. The Labute approximate surface area is 134 Å². The van der Waals surface area contributed by atoms with Crippen LogP contribution in [0.1, 0.15) is 6.42 Å². The van der Waals surface area contributed by atoms with Crippen LogP contribution in [0.3, 0.4) is 0 Å². The number of carbonyl (C=O) groups is 1. The molecule has 1 amide bonds. The number of ether oxygens (including phenoxy) is 2. The first-order chi connectivity index (χ1) is 10.6. The zero-order valence-electron chi connectivity index (χ0n) is 13.1. The Morgan fingerprint density at radius 2 is 2.23 bits per heavy atom. The summed E-state index contributed by atoms with van der Waals surface area (Å²) in [5, 5.41) is 3.44. The van der Waals surface area contributed by atoms with Gasteiger partial charge in [-0.05, 0) is 25.6 Å². The van der Waals surface area contributed by atoms with Crippen LogP contribution in [0.15, 0.2) is 18.2 Å². The van der Waals surface area contributed by atoms with Gasteiger partial charge in [0.05, 0.1) is 18.4 Å². The largest absolute Gasteiger partial charge is 0.494 e. The highest BCUT2D eigenvalue weighted by Gasteiger charge is 2.12. The van der Waals surface area contributed by atoms with Gasteiger partial charge in [0.2, 0.25) is 5.91 Å². The SMILES string of the molecule is COCCCN(C)CC(=O)Nc1nc2c(OC)cccc2s1. The van der Waals surface area contributed by atoms with Gasteiger partial charge in [-0.15, -0.1) is 0 Å². The zero-order valence-corrected chi connectivity index (χ0v) is 13.9. The molecular weight excluding hydrogens is 302 g/mol. The topological polar surface area (TPSA) is 63.7 Å². The van der Waals surface area contributed by atoms with Crippen LogP contribution in [0, 0.1) is 0 Å². The van der Waals surface area contributed by atoms with Crippen molar-refractivity contribution in [1.29, 1.82) is 0 Å². The zero-order chi connectivity index (χ0) is 15.9. The van der Waals surface area contributed by atoms with Crippen molar-refractivity contribution in [3.63, 3.8) is 0 Å². The maximum absolute atomic E-state index is 12.0. The Bertz CT molecular complexity index is 630. The van der Waals surface area contributed by atoms with Gasteiger partial charge in [0.15, 0.2) is 5.13 Å². The van der Waals surface area contributed by atoms with Gasteiger partial charge in [0.1, 0.15) is 11.3 Å². The molecule has 120 valence electrons. The predicted octanol–water partition coefficient (Wildman–Crippen LogP) is 2.21. The maximum atomic E-state index is 12.0. The highest BCUT2D eigenvalue weighted by molar-refractivity contribution is 7.22. The van der Waals surface area contributed by atoms with Crippen molar-refractivity contribution < 1.29 is 14.3 Å². The van der Waals surface area contributed by atoms with Crippen molar-refractivity contribution in [3.8, 4) is 5.75 Å². The fourth-order valence-corrected chi connectivity index (χ4v) is 3.00. The Morgan fingerprint density at radius 3 is 2.95 bits per heavy atom. The molecule has 2 rings (SSSR count). The fourth-order valence-electron chi connectivity index (χ4n) is 2.10. The highest BCUT2D eigenvalue weighted by atomic mass is 32.1. The van der Waals surface area contributed by atoms with E-state index in [4.69, 9.17) is 9.47 Å². The molecule has 2 aromatic rings. The fraction of sp³-hybridized carbons (Fsp3) is 0.467. The molecule has 1 heterocycles. The molecule has 1 aromatic heterocycles. The van der Waals surface area contributed by atoms with Gasteiger partial charge in [-0.3, -0.25) is 9.69 Å². The van der Waals surface area contributed by atoms with Gasteiger partial charge in [0, 0.05) is 20.3 Å². The van der Waals surface area contributed by atoms with E-state index in [1.807, 2.05) is 30.1 Å². The van der Waals surface area contributed by atoms with E-state index in [9.17, 15) is 4.79 Å². The number of amides is 1. The number of carbonyl (C=O) groups excluding carboxylic acids is 1. The highest BCUT2D eigenvalue weighted by Crippen LogP contribution is 2.31. The second-order valence-electron chi connectivity index (χ2n) is 4.96. The van der Waals surface area contributed by atoms with E-state index < -0.39 is 0 Å². The summed E-state index contributed by atoms with van der Waals surface area (Å²) in [6, 6.07) is 5.73. The number of fused-ring (bicyclic) bond motifs is 1. The average molecular weight is 323 g/mol. The Balaban J connectivity index is 1.94. The number of methoxy groups -OCH3 is 2. The first kappa shape index (κ1) is 16.7. The van der Waals surface area contributed by atoms with Crippen LogP contribution >= 0.6 is 11.3 Å². The van der Waals surface area contributed by atoms with Crippen LogP contribution < -0.4 is 10.1 Å². The lowest BCUT2D eigenvalue weighted by atomic mass is 10.3. The van der Waals surface area contributed by atoms with Crippen molar-refractivity contribution in [2.24, 2.45) is 0 Å². The number of thiazole rings is 1. The summed E-state index contributed by atoms with van der Waals surface area (Å²) >= 11 is 1.44. The Kier molecular flexibility index (Phi) is 6.11. The van der Waals surface area contributed by atoms with Crippen LogP contribution in [0.4, 0.5) is 5.13 Å². The van der Waals surface area contributed by atoms with Gasteiger partial charge in [-0.2, -0.15) is 0 Å². The molecule has 0 aliphatic rings. The lowest BCUT2D eigenvalue weighted by molar-refractivity contribution is -0.117. The second-order valence-corrected chi connectivity index (χ2v) is 5.99. The predicted molar refractivity (Wildman–Crippen MR) is 88.8 cm³/mol. The lowest BCUT2D eigenvalue weighted by Crippen LogP contribution is -2.31. The average Bonchev–Trinajstić information content (AvgIpc) is 2.89. The number of hydrogen-bond donors (Lipinski definition) is 1. The number of rotatable bonds is 8. The molecule has 0 saturated carbocycles. The van der Waals surface area contributed by atoms with Crippen molar-refractivity contribution in [1.82, 2.24) is 9.88 Å². The van der Waals surface area contributed by atoms with E-state index in [0.29, 0.717) is 24.0 Å². The minimum atomic E-state index is -0.0714. The first-order valence-corrected chi connectivity index (χ1v) is 7.86. The molecule has 0 aliphatic heterocycles. The molecule has 7 heteroatoms. The van der Waals surface area contributed by atoms with Gasteiger partial charge in [-0.1, -0.05) is 17.4 Å². The Hall–Kier alpha value is -1.70. The molecule has 0 bridgehead atoms. The number of para-hydroxylation sites is 1. The summed E-state index contributed by atoms with van der Waals surface area (Å²) in [6.07, 6.45) is 0.901. The third-order valence-corrected chi connectivity index (χ3v) is 4.09. The summed E-state index contributed by atoms with van der Waals surface area (Å²) in [4.78, 5) is 18.4. The molecule has 0 fully saturated rings. The van der Waals surface area contributed by atoms with Crippen LogP contribution in [0.2, 0.25) is 0 Å². The van der Waals surface area contributed by atoms with Crippen molar-refractivity contribution in [3.05, 3.63) is 18.2 Å². The van der Waals surface area contributed by atoms with E-state index in [1.165, 1.54) is 11.3 Å². The normalized spacial score (nSPS) is 11.1. The van der Waals surface area contributed by atoms with E-state index >= 15 is 0 Å². The molecular formula is C15H21N3O3S. The summed E-state index contributed by atoms with van der Waals surface area (Å²) in [5.41, 5.74) is 0.777. The summed E-state index contributed by atoms with van der Waals surface area (Å²) in [5.74, 6) is 0.642. The minimum absolute atomic E-state index is 0.0714. The molecule has 0 radical (unpaired) electrons. The molecule has 22 heavy (non-hydrogen) atoms. The number of nitrogens with one attached hydrogen (secondary N) is 1. The molecule has 0 aliphatic carbocycles. The van der Waals surface area contributed by atoms with E-state index in [0.717, 1.165) is 23.2 Å². The third-order valence-electron chi connectivity index (χ3n) is 3.15. The van der Waals surface area contributed by atoms with E-state index in [2.05, 4.69) is 10.3 Å². The number of likely N-dealkylation sites (N-methyl/N-ethyl adjacent to an activating group) is 1. The molecule has 1 N–H and O–H groups in total. The van der Waals surface area contributed by atoms with Crippen molar-refractivity contribution >= 4 is 32.6 Å². The van der Waals surface area contributed by atoms with Gasteiger partial charge in [0.25, 0.3) is 0 Å². The quantitative estimate of drug-likeness (QED) is 0.755. The lowest BCUT2D eigenvalue weighted by Gasteiger charge is -2.15. The van der Waals surface area contributed by atoms with Crippen LogP contribution in [-0.2, 0) is 9.53 Å². The maximum Gasteiger partial charge on any atom is 0.240 e. The standard InChI is InChI=1S/C15H21N3O3S/c1-18(8-5-9-20-2)10-13(19)16-15-17-14-11(21-3)6-4-7-12(14)22-15/h4,6-7H,5,8-10H2,1-3H3,(H,16,17,19). The first-order valence-electron chi connectivity index (χ1n) is 7.05. The number of aromatic nitrogens is 1. The van der Waals surface area contributed by atoms with Crippen LogP contribution in [0.25, 0.3) is 10.2 Å². The number of nitrogens with zero attached hydrogens (tertiary/aromatic N) is 2. The second kappa shape index (κ2) is 8.07. The summed E-state index contributed by atoms with van der Waals surface area (Å²) in [6.45, 7) is 1.84. The van der Waals surface area contributed by atoms with E-state index in [-0.39, 0.29) is 5.91 Å². The molecule has 0 saturated heterocycles. The van der Waals surface area contributed by atoms with Crippen molar-refractivity contribution in [2.75, 3.05) is 46.3 Å². The molecule has 0 unspecified atom stereocenters.